The number of amides is 1. The monoisotopic (exact) mass is 414 g/mol. The first-order chi connectivity index (χ1) is 14.6. The van der Waals surface area contributed by atoms with E-state index in [9.17, 15) is 9.59 Å². The van der Waals surface area contributed by atoms with Crippen LogP contribution in [-0.2, 0) is 33.8 Å². The van der Waals surface area contributed by atoms with E-state index < -0.39 is 12.1 Å². The molecule has 1 amide bonds. The van der Waals surface area contributed by atoms with Gasteiger partial charge in [-0.05, 0) is 18.4 Å². The highest BCUT2D eigenvalue weighted by Gasteiger charge is 2.34. The first kappa shape index (κ1) is 21.8. The summed E-state index contributed by atoms with van der Waals surface area (Å²) >= 11 is 0. The third-order valence-corrected chi connectivity index (χ3v) is 5.24. The number of nitrogens with one attached hydrogen (secondary N) is 1. The zero-order chi connectivity index (χ0) is 21.3. The zero-order valence-electron chi connectivity index (χ0n) is 17.6. The van der Waals surface area contributed by atoms with Gasteiger partial charge in [-0.15, -0.1) is 0 Å². The lowest BCUT2D eigenvalue weighted by Gasteiger charge is -2.25. The molecule has 1 saturated heterocycles. The van der Waals surface area contributed by atoms with Gasteiger partial charge in [-0.1, -0.05) is 37.3 Å². The van der Waals surface area contributed by atoms with E-state index in [0.717, 1.165) is 30.6 Å². The van der Waals surface area contributed by atoms with Gasteiger partial charge in [0.05, 0.1) is 19.1 Å². The smallest absolute Gasteiger partial charge is 0.407 e. The molecule has 3 rings (SSSR count). The number of carbonyl (C=O) groups excluding carboxylic acids is 2. The van der Waals surface area contributed by atoms with Crippen molar-refractivity contribution in [3.63, 3.8) is 0 Å². The topological polar surface area (TPSA) is 85.7 Å². The Morgan fingerprint density at radius 3 is 2.83 bits per heavy atom. The van der Waals surface area contributed by atoms with Crippen molar-refractivity contribution in [3.8, 4) is 0 Å². The lowest BCUT2D eigenvalue weighted by Crippen LogP contribution is -2.44. The average Bonchev–Trinajstić information content (AvgIpc) is 3.40. The zero-order valence-corrected chi connectivity index (χ0v) is 17.6. The van der Waals surface area contributed by atoms with Gasteiger partial charge in [-0.2, -0.15) is 0 Å². The highest BCUT2D eigenvalue weighted by atomic mass is 16.5. The van der Waals surface area contributed by atoms with Crippen LogP contribution < -0.4 is 5.32 Å². The minimum atomic E-state index is -0.446. The van der Waals surface area contributed by atoms with Crippen molar-refractivity contribution >= 4 is 12.1 Å². The second-order valence-corrected chi connectivity index (χ2v) is 7.53. The number of rotatable bonds is 9. The van der Waals surface area contributed by atoms with Crippen LogP contribution in [0.25, 0.3) is 0 Å². The Bertz CT molecular complexity index is 824. The van der Waals surface area contributed by atoms with Crippen molar-refractivity contribution in [1.29, 1.82) is 0 Å². The summed E-state index contributed by atoms with van der Waals surface area (Å²) in [6, 6.07) is 9.06. The molecular formula is C22H30N4O4. The predicted octanol–water partition coefficient (Wildman–Crippen LogP) is 2.38. The van der Waals surface area contributed by atoms with Gasteiger partial charge in [0, 0.05) is 38.3 Å². The Hall–Kier alpha value is -2.87. The third-order valence-electron chi connectivity index (χ3n) is 5.24. The van der Waals surface area contributed by atoms with Crippen LogP contribution in [0.3, 0.4) is 0 Å². The molecule has 1 aromatic carbocycles. The summed E-state index contributed by atoms with van der Waals surface area (Å²) < 4.78 is 12.4. The number of aryl methyl sites for hydroxylation is 1. The number of hydrogen-bond donors (Lipinski definition) is 1. The van der Waals surface area contributed by atoms with Crippen molar-refractivity contribution in [2.24, 2.45) is 0 Å². The van der Waals surface area contributed by atoms with Gasteiger partial charge in [-0.3, -0.25) is 9.69 Å². The third kappa shape index (κ3) is 6.06. The molecule has 0 saturated carbocycles. The summed E-state index contributed by atoms with van der Waals surface area (Å²) in [7, 11) is 1.40. The lowest BCUT2D eigenvalue weighted by molar-refractivity contribution is -0.146. The quantitative estimate of drug-likeness (QED) is 0.634. The number of carbonyl (C=O) groups is 2. The number of likely N-dealkylation sites (tertiary alicyclic amines) is 1. The summed E-state index contributed by atoms with van der Waals surface area (Å²) in [5.74, 6) is -0.285. The molecule has 2 aromatic rings. The molecule has 1 N–H and O–H groups in total. The average molecular weight is 415 g/mol. The summed E-state index contributed by atoms with van der Waals surface area (Å²) in [6.07, 6.45) is 5.58. The molecule has 1 fully saturated rings. The molecule has 2 heterocycles. The molecule has 0 spiro atoms. The first-order valence-corrected chi connectivity index (χ1v) is 10.4. The number of hydrogen-bond acceptors (Lipinski definition) is 6. The minimum Gasteiger partial charge on any atom is -0.468 e. The molecule has 30 heavy (non-hydrogen) atoms. The van der Waals surface area contributed by atoms with E-state index in [-0.39, 0.29) is 18.6 Å². The van der Waals surface area contributed by atoms with Crippen LogP contribution in [0.1, 0.15) is 31.0 Å². The van der Waals surface area contributed by atoms with Crippen LogP contribution in [0, 0.1) is 0 Å². The fourth-order valence-corrected chi connectivity index (χ4v) is 3.71. The summed E-state index contributed by atoms with van der Waals surface area (Å²) in [4.78, 5) is 31.0. The molecule has 0 unspecified atom stereocenters. The Balaban J connectivity index is 1.52. The highest BCUT2D eigenvalue weighted by molar-refractivity contribution is 5.76. The van der Waals surface area contributed by atoms with E-state index in [1.54, 1.807) is 6.33 Å². The number of aromatic nitrogens is 2. The second-order valence-electron chi connectivity index (χ2n) is 7.53. The van der Waals surface area contributed by atoms with Gasteiger partial charge in [0.15, 0.2) is 0 Å². The Kier molecular flexibility index (Phi) is 7.84. The van der Waals surface area contributed by atoms with Gasteiger partial charge in [0.2, 0.25) is 0 Å². The van der Waals surface area contributed by atoms with Crippen molar-refractivity contribution in [2.45, 2.75) is 51.4 Å². The van der Waals surface area contributed by atoms with Crippen molar-refractivity contribution in [2.75, 3.05) is 20.2 Å². The van der Waals surface area contributed by atoms with E-state index >= 15 is 0 Å². The maximum atomic E-state index is 12.4. The second kappa shape index (κ2) is 10.8. The number of methoxy groups -OCH3 is 1. The van der Waals surface area contributed by atoms with E-state index in [4.69, 9.17) is 9.47 Å². The van der Waals surface area contributed by atoms with Crippen molar-refractivity contribution < 1.29 is 19.1 Å². The fraction of sp³-hybridized carbons (Fsp3) is 0.500. The van der Waals surface area contributed by atoms with Gasteiger partial charge in [0.25, 0.3) is 0 Å². The Morgan fingerprint density at radius 1 is 1.30 bits per heavy atom. The molecule has 8 nitrogen and oxygen atoms in total. The van der Waals surface area contributed by atoms with Crippen LogP contribution in [0.4, 0.5) is 4.79 Å². The van der Waals surface area contributed by atoms with Crippen molar-refractivity contribution in [1.82, 2.24) is 19.8 Å². The molecule has 2 atom stereocenters. The van der Waals surface area contributed by atoms with Gasteiger partial charge in [0.1, 0.15) is 12.6 Å². The SMILES string of the molecule is CCCn1cnc(C[C@@H](C(=O)OC)N2CC[C@H](NC(=O)OCc3ccccc3)C2)c1. The van der Waals surface area contributed by atoms with Gasteiger partial charge < -0.3 is 19.4 Å². The largest absolute Gasteiger partial charge is 0.468 e. The van der Waals surface area contributed by atoms with E-state index in [1.165, 1.54) is 7.11 Å². The molecule has 0 aliphatic carbocycles. The van der Waals surface area contributed by atoms with Gasteiger partial charge in [-0.25, -0.2) is 9.78 Å². The predicted molar refractivity (Wildman–Crippen MR) is 112 cm³/mol. The summed E-state index contributed by atoms with van der Waals surface area (Å²) in [5.41, 5.74) is 1.80. The molecular weight excluding hydrogens is 384 g/mol. The standard InChI is InChI=1S/C22H30N4O4/c1-3-10-25-13-19(23-16-25)12-20(21(27)29-2)26-11-9-18(14-26)24-22(28)30-15-17-7-5-4-6-8-17/h4-8,13,16,18,20H,3,9-12,14-15H2,1-2H3,(H,24,28)/t18-,20-/m0/s1. The van der Waals surface area contributed by atoms with Crippen LogP contribution >= 0.6 is 0 Å². The van der Waals surface area contributed by atoms with Crippen molar-refractivity contribution in [3.05, 3.63) is 54.1 Å². The van der Waals surface area contributed by atoms with Crippen LogP contribution in [0.15, 0.2) is 42.9 Å². The van der Waals surface area contributed by atoms with Crippen LogP contribution in [0.2, 0.25) is 0 Å². The van der Waals surface area contributed by atoms with E-state index in [2.05, 4.69) is 17.2 Å². The number of nitrogens with zero attached hydrogens (tertiary/aromatic N) is 3. The Labute approximate surface area is 177 Å². The number of alkyl carbamates (subject to hydrolysis) is 1. The van der Waals surface area contributed by atoms with Gasteiger partial charge >= 0.3 is 12.1 Å². The molecule has 8 heteroatoms. The normalized spacial score (nSPS) is 17.5. The Morgan fingerprint density at radius 2 is 2.10 bits per heavy atom. The minimum absolute atomic E-state index is 0.0712. The van der Waals surface area contributed by atoms with Crippen LogP contribution in [-0.4, -0.2) is 58.8 Å². The first-order valence-electron chi connectivity index (χ1n) is 10.4. The fourth-order valence-electron chi connectivity index (χ4n) is 3.71. The maximum absolute atomic E-state index is 12.4. The summed E-state index contributed by atoms with van der Waals surface area (Å²) in [6.45, 7) is 4.50. The summed E-state index contributed by atoms with van der Waals surface area (Å²) in [5, 5.41) is 2.90. The molecule has 1 aromatic heterocycles. The molecule has 162 valence electrons. The molecule has 1 aliphatic heterocycles. The maximum Gasteiger partial charge on any atom is 0.407 e. The molecule has 0 bridgehead atoms. The molecule has 0 radical (unpaired) electrons. The number of benzene rings is 1. The number of esters is 1. The lowest BCUT2D eigenvalue weighted by atomic mass is 10.1. The van der Waals surface area contributed by atoms with Crippen LogP contribution in [0.5, 0.6) is 0 Å². The highest BCUT2D eigenvalue weighted by Crippen LogP contribution is 2.17. The molecule has 1 aliphatic rings. The van der Waals surface area contributed by atoms with E-state index in [1.807, 2.05) is 46.0 Å². The number of ether oxygens (including phenoxy) is 2. The van der Waals surface area contributed by atoms with E-state index in [0.29, 0.717) is 19.5 Å². The number of imidazole rings is 1.